The molecule has 0 aliphatic heterocycles. The molecule has 14 heavy (non-hydrogen) atoms. The second-order valence-electron chi connectivity index (χ2n) is 2.75. The molecular weight excluding hydrogens is 214 g/mol. The second kappa shape index (κ2) is 3.45. The van der Waals surface area contributed by atoms with Crippen LogP contribution in [0.3, 0.4) is 0 Å². The van der Waals surface area contributed by atoms with Crippen LogP contribution in [0.4, 0.5) is 0 Å². The maximum Gasteiger partial charge on any atom is 0.151 e. The first-order valence-electron chi connectivity index (χ1n) is 3.86. The smallest absolute Gasteiger partial charge is 0.151 e. The topological polar surface area (TPSA) is 40.9 Å². The van der Waals surface area contributed by atoms with Crippen molar-refractivity contribution in [3.8, 4) is 6.07 Å². The number of carbonyl (C=O) groups is 1. The standard InChI is InChI=1S/C10H5NOS2/c11-4-6-3-9(13)8(5-12)7-1-2-14-10(6)7/h1-3,5,13H. The number of hydrogen-bond donors (Lipinski definition) is 1. The Morgan fingerprint density at radius 1 is 1.57 bits per heavy atom. The van der Waals surface area contributed by atoms with E-state index in [1.165, 1.54) is 11.3 Å². The first kappa shape index (κ1) is 9.25. The van der Waals surface area contributed by atoms with Crippen molar-refractivity contribution in [2.24, 2.45) is 0 Å². The van der Waals surface area contributed by atoms with E-state index in [-0.39, 0.29) is 0 Å². The molecule has 1 aromatic heterocycles. The first-order valence-corrected chi connectivity index (χ1v) is 5.19. The van der Waals surface area contributed by atoms with Crippen LogP contribution in [0, 0.1) is 11.3 Å². The third kappa shape index (κ3) is 1.22. The van der Waals surface area contributed by atoms with Gasteiger partial charge in [0.05, 0.1) is 10.3 Å². The molecule has 0 spiro atoms. The minimum Gasteiger partial charge on any atom is -0.298 e. The van der Waals surface area contributed by atoms with Crippen LogP contribution in [-0.4, -0.2) is 6.29 Å². The van der Waals surface area contributed by atoms with E-state index >= 15 is 0 Å². The third-order valence-corrected chi connectivity index (χ3v) is 3.31. The summed E-state index contributed by atoms with van der Waals surface area (Å²) in [7, 11) is 0. The normalized spacial score (nSPS) is 10.0. The van der Waals surface area contributed by atoms with Crippen LogP contribution >= 0.6 is 24.0 Å². The summed E-state index contributed by atoms with van der Waals surface area (Å²) < 4.78 is 0.854. The van der Waals surface area contributed by atoms with Crippen LogP contribution < -0.4 is 0 Å². The minimum absolute atomic E-state index is 0.558. The molecule has 1 aromatic carbocycles. The van der Waals surface area contributed by atoms with Gasteiger partial charge in [-0.2, -0.15) is 5.26 Å². The highest BCUT2D eigenvalue weighted by molar-refractivity contribution is 7.80. The van der Waals surface area contributed by atoms with Crippen molar-refractivity contribution in [1.82, 2.24) is 0 Å². The number of fused-ring (bicyclic) bond motifs is 1. The predicted octanol–water partition coefficient (Wildman–Crippen LogP) is 2.87. The van der Waals surface area contributed by atoms with E-state index < -0.39 is 0 Å². The molecule has 0 atom stereocenters. The van der Waals surface area contributed by atoms with Crippen molar-refractivity contribution in [1.29, 1.82) is 5.26 Å². The molecule has 0 aliphatic carbocycles. The Bertz CT molecular complexity index is 551. The fourth-order valence-corrected chi connectivity index (χ4v) is 2.53. The second-order valence-corrected chi connectivity index (χ2v) is 4.15. The van der Waals surface area contributed by atoms with Gasteiger partial charge in [0.2, 0.25) is 0 Å². The van der Waals surface area contributed by atoms with Crippen molar-refractivity contribution >= 4 is 40.3 Å². The highest BCUT2D eigenvalue weighted by Gasteiger charge is 2.10. The summed E-state index contributed by atoms with van der Waals surface area (Å²) in [5.74, 6) is 0. The highest BCUT2D eigenvalue weighted by Crippen LogP contribution is 2.30. The van der Waals surface area contributed by atoms with Gasteiger partial charge in [-0.25, -0.2) is 0 Å². The number of hydrogen-bond acceptors (Lipinski definition) is 4. The molecule has 0 unspecified atom stereocenters. The Morgan fingerprint density at radius 3 is 3.00 bits per heavy atom. The van der Waals surface area contributed by atoms with Crippen LogP contribution in [0.25, 0.3) is 10.1 Å². The number of benzene rings is 1. The molecule has 0 saturated carbocycles. The number of nitrogens with zero attached hydrogens (tertiary/aromatic N) is 1. The molecule has 2 rings (SSSR count). The van der Waals surface area contributed by atoms with Gasteiger partial charge in [0.25, 0.3) is 0 Å². The van der Waals surface area contributed by atoms with Crippen LogP contribution in [-0.2, 0) is 0 Å². The Kier molecular flexibility index (Phi) is 2.28. The molecule has 0 amide bonds. The molecule has 0 fully saturated rings. The predicted molar refractivity (Wildman–Crippen MR) is 59.2 cm³/mol. The van der Waals surface area contributed by atoms with E-state index in [1.54, 1.807) is 6.07 Å². The lowest BCUT2D eigenvalue weighted by Gasteiger charge is -2.00. The van der Waals surface area contributed by atoms with E-state index in [9.17, 15) is 4.79 Å². The largest absolute Gasteiger partial charge is 0.298 e. The number of nitriles is 1. The van der Waals surface area contributed by atoms with Gasteiger partial charge in [0.15, 0.2) is 6.29 Å². The van der Waals surface area contributed by atoms with Crippen molar-refractivity contribution in [2.75, 3.05) is 0 Å². The fourth-order valence-electron chi connectivity index (χ4n) is 1.35. The van der Waals surface area contributed by atoms with Gasteiger partial charge in [0, 0.05) is 15.8 Å². The summed E-state index contributed by atoms with van der Waals surface area (Å²) >= 11 is 5.64. The van der Waals surface area contributed by atoms with Crippen molar-refractivity contribution in [2.45, 2.75) is 4.90 Å². The molecule has 0 aliphatic rings. The summed E-state index contributed by atoms with van der Waals surface area (Å²) in [6.45, 7) is 0. The Labute approximate surface area is 90.2 Å². The van der Waals surface area contributed by atoms with Crippen LogP contribution in [0.15, 0.2) is 22.4 Å². The molecule has 0 saturated heterocycles. The summed E-state index contributed by atoms with van der Waals surface area (Å²) in [6.07, 6.45) is 0.776. The molecule has 1 heterocycles. The Hall–Kier alpha value is -1.31. The van der Waals surface area contributed by atoms with E-state index in [4.69, 9.17) is 5.26 Å². The average molecular weight is 219 g/mol. The number of thiol groups is 1. The molecular formula is C10H5NOS2. The molecule has 2 nitrogen and oxygen atoms in total. The van der Waals surface area contributed by atoms with Crippen molar-refractivity contribution < 1.29 is 4.79 Å². The SMILES string of the molecule is N#Cc1cc(S)c(C=O)c2ccsc12. The van der Waals surface area contributed by atoms with E-state index in [0.717, 1.165) is 16.4 Å². The Morgan fingerprint density at radius 2 is 2.36 bits per heavy atom. The average Bonchev–Trinajstić information content (AvgIpc) is 2.65. The third-order valence-electron chi connectivity index (χ3n) is 2.00. The van der Waals surface area contributed by atoms with Gasteiger partial charge in [0.1, 0.15) is 6.07 Å². The van der Waals surface area contributed by atoms with Gasteiger partial charge < -0.3 is 0 Å². The van der Waals surface area contributed by atoms with Crippen LogP contribution in [0.2, 0.25) is 0 Å². The monoisotopic (exact) mass is 219 g/mol. The first-order chi connectivity index (χ1) is 6.77. The lowest BCUT2D eigenvalue weighted by molar-refractivity contribution is 0.112. The van der Waals surface area contributed by atoms with Crippen LogP contribution in [0.5, 0.6) is 0 Å². The lowest BCUT2D eigenvalue weighted by Crippen LogP contribution is -1.86. The fraction of sp³-hybridized carbons (Fsp3) is 0. The molecule has 2 aromatic rings. The summed E-state index contributed by atoms with van der Waals surface area (Å²) in [4.78, 5) is 11.4. The number of thiophene rings is 1. The molecule has 68 valence electrons. The lowest BCUT2D eigenvalue weighted by atomic mass is 10.1. The zero-order valence-corrected chi connectivity index (χ0v) is 8.73. The van der Waals surface area contributed by atoms with E-state index in [2.05, 4.69) is 18.7 Å². The van der Waals surface area contributed by atoms with Gasteiger partial charge >= 0.3 is 0 Å². The molecule has 0 radical (unpaired) electrons. The summed E-state index contributed by atoms with van der Waals surface area (Å²) in [6, 6.07) is 5.56. The van der Waals surface area contributed by atoms with Gasteiger partial charge in [-0.1, -0.05) is 0 Å². The number of carbonyl (C=O) groups excluding carboxylic acids is 1. The molecule has 0 bridgehead atoms. The van der Waals surface area contributed by atoms with Crippen molar-refractivity contribution in [3.05, 3.63) is 28.6 Å². The van der Waals surface area contributed by atoms with Crippen LogP contribution in [0.1, 0.15) is 15.9 Å². The van der Waals surface area contributed by atoms with E-state index in [0.29, 0.717) is 16.0 Å². The number of rotatable bonds is 1. The van der Waals surface area contributed by atoms with E-state index in [1.807, 2.05) is 11.4 Å². The van der Waals surface area contributed by atoms with Gasteiger partial charge in [-0.05, 0) is 17.5 Å². The zero-order valence-electron chi connectivity index (χ0n) is 7.02. The molecule has 0 N–H and O–H groups in total. The van der Waals surface area contributed by atoms with Gasteiger partial charge in [-0.3, -0.25) is 4.79 Å². The zero-order chi connectivity index (χ0) is 10.1. The van der Waals surface area contributed by atoms with Gasteiger partial charge in [-0.15, -0.1) is 24.0 Å². The summed E-state index contributed by atoms with van der Waals surface area (Å²) in [5.41, 5.74) is 1.13. The maximum atomic E-state index is 10.8. The highest BCUT2D eigenvalue weighted by atomic mass is 32.1. The minimum atomic E-state index is 0.558. The maximum absolute atomic E-state index is 10.8. The number of aldehydes is 1. The summed E-state index contributed by atoms with van der Waals surface area (Å²) in [5, 5.41) is 11.6. The van der Waals surface area contributed by atoms with Crippen molar-refractivity contribution in [3.63, 3.8) is 0 Å². The Balaban J connectivity index is 2.97. The quantitative estimate of drug-likeness (QED) is 0.592. The molecule has 4 heteroatoms.